The topological polar surface area (TPSA) is 68.1 Å². The fourth-order valence-corrected chi connectivity index (χ4v) is 4.59. The molecule has 0 amide bonds. The van der Waals surface area contributed by atoms with E-state index in [-0.39, 0.29) is 0 Å². The molecule has 0 spiro atoms. The van der Waals surface area contributed by atoms with Crippen LogP contribution in [0.2, 0.25) is 0 Å². The average Bonchev–Trinajstić information content (AvgIpc) is 3.27. The maximum absolute atomic E-state index is 5.25. The van der Waals surface area contributed by atoms with E-state index < -0.39 is 0 Å². The Labute approximate surface area is 189 Å². The van der Waals surface area contributed by atoms with Crippen LogP contribution in [-0.2, 0) is 6.54 Å². The first-order valence-electron chi connectivity index (χ1n) is 11.7. The molecule has 2 fully saturated rings. The van der Waals surface area contributed by atoms with Gasteiger partial charge in [-0.05, 0) is 61.9 Å². The summed E-state index contributed by atoms with van der Waals surface area (Å²) in [6.45, 7) is 4.13. The number of piperidine rings is 1. The fourth-order valence-electron chi connectivity index (χ4n) is 4.59. The van der Waals surface area contributed by atoms with E-state index in [1.165, 1.54) is 49.9 Å². The van der Waals surface area contributed by atoms with E-state index in [9.17, 15) is 0 Å². The summed E-state index contributed by atoms with van der Waals surface area (Å²) in [7, 11) is 1.64. The van der Waals surface area contributed by atoms with Crippen molar-refractivity contribution in [3.8, 4) is 17.0 Å². The van der Waals surface area contributed by atoms with Crippen molar-refractivity contribution in [2.24, 2.45) is 5.92 Å². The molecule has 32 heavy (non-hydrogen) atoms. The predicted octanol–water partition coefficient (Wildman–Crippen LogP) is 3.76. The summed E-state index contributed by atoms with van der Waals surface area (Å²) in [6, 6.07) is 11.4. The van der Waals surface area contributed by atoms with Crippen molar-refractivity contribution in [1.82, 2.24) is 25.3 Å². The molecule has 1 saturated carbocycles. The van der Waals surface area contributed by atoms with Gasteiger partial charge in [0.15, 0.2) is 0 Å². The highest BCUT2D eigenvalue weighted by Gasteiger charge is 2.23. The second-order valence-electron chi connectivity index (χ2n) is 9.07. The van der Waals surface area contributed by atoms with Crippen molar-refractivity contribution < 1.29 is 4.74 Å². The molecule has 2 aliphatic rings. The SMILES string of the molecule is COc1cncc(-c2cn(Cc3ccc(N4CCCC(NCC5CCC5)C4)cc3)nn2)c1. The van der Waals surface area contributed by atoms with Gasteiger partial charge >= 0.3 is 0 Å². The Kier molecular flexibility index (Phi) is 6.34. The number of rotatable bonds is 8. The molecule has 7 nitrogen and oxygen atoms in total. The van der Waals surface area contributed by atoms with E-state index in [0.29, 0.717) is 18.3 Å². The molecule has 1 aromatic carbocycles. The number of ether oxygens (including phenoxy) is 1. The highest BCUT2D eigenvalue weighted by atomic mass is 16.5. The Morgan fingerprint density at radius 1 is 1.09 bits per heavy atom. The molecule has 7 heteroatoms. The molecule has 2 aromatic heterocycles. The maximum Gasteiger partial charge on any atom is 0.137 e. The lowest BCUT2D eigenvalue weighted by Gasteiger charge is -2.36. The molecule has 0 bridgehead atoms. The van der Waals surface area contributed by atoms with Crippen LogP contribution in [0.3, 0.4) is 0 Å². The van der Waals surface area contributed by atoms with Gasteiger partial charge in [-0.1, -0.05) is 23.8 Å². The van der Waals surface area contributed by atoms with E-state index in [4.69, 9.17) is 4.74 Å². The van der Waals surface area contributed by atoms with Crippen molar-refractivity contribution in [2.75, 3.05) is 31.6 Å². The van der Waals surface area contributed by atoms with Crippen LogP contribution in [0.1, 0.15) is 37.7 Å². The first-order valence-corrected chi connectivity index (χ1v) is 11.7. The summed E-state index contributed by atoms with van der Waals surface area (Å²) in [5, 5.41) is 12.4. The second-order valence-corrected chi connectivity index (χ2v) is 9.07. The van der Waals surface area contributed by atoms with Crippen LogP contribution in [0.4, 0.5) is 5.69 Å². The number of nitrogens with zero attached hydrogens (tertiary/aromatic N) is 5. The zero-order valence-corrected chi connectivity index (χ0v) is 18.8. The molecule has 3 aromatic rings. The van der Waals surface area contributed by atoms with Crippen LogP contribution in [0.25, 0.3) is 11.3 Å². The number of pyridine rings is 1. The molecule has 1 aliphatic carbocycles. The molecule has 168 valence electrons. The van der Waals surface area contributed by atoms with Crippen LogP contribution in [0.15, 0.2) is 48.9 Å². The molecule has 1 N–H and O–H groups in total. The molecule has 1 saturated heterocycles. The van der Waals surface area contributed by atoms with E-state index in [2.05, 4.69) is 49.8 Å². The smallest absolute Gasteiger partial charge is 0.137 e. The third kappa shape index (κ3) is 4.93. The van der Waals surface area contributed by atoms with Gasteiger partial charge in [-0.3, -0.25) is 4.98 Å². The number of benzene rings is 1. The average molecular weight is 433 g/mol. The summed E-state index contributed by atoms with van der Waals surface area (Å²) >= 11 is 0. The summed E-state index contributed by atoms with van der Waals surface area (Å²) in [4.78, 5) is 6.72. The number of nitrogens with one attached hydrogen (secondary N) is 1. The first-order chi connectivity index (χ1) is 15.8. The molecule has 5 rings (SSSR count). The monoisotopic (exact) mass is 432 g/mol. The van der Waals surface area contributed by atoms with E-state index in [1.54, 1.807) is 19.5 Å². The number of anilines is 1. The number of hydrogen-bond acceptors (Lipinski definition) is 6. The van der Waals surface area contributed by atoms with E-state index in [0.717, 1.165) is 30.3 Å². The lowest BCUT2D eigenvalue weighted by atomic mass is 9.85. The molecule has 1 aliphatic heterocycles. The van der Waals surface area contributed by atoms with Gasteiger partial charge < -0.3 is 15.0 Å². The third-order valence-corrected chi connectivity index (χ3v) is 6.77. The minimum Gasteiger partial charge on any atom is -0.495 e. The molecule has 1 atom stereocenters. The summed E-state index contributed by atoms with van der Waals surface area (Å²) < 4.78 is 7.12. The Hall–Kier alpha value is -2.93. The van der Waals surface area contributed by atoms with E-state index >= 15 is 0 Å². The summed E-state index contributed by atoms with van der Waals surface area (Å²) in [5.41, 5.74) is 4.22. The Morgan fingerprint density at radius 2 is 1.97 bits per heavy atom. The molecular weight excluding hydrogens is 400 g/mol. The zero-order chi connectivity index (χ0) is 21.8. The third-order valence-electron chi connectivity index (χ3n) is 6.77. The van der Waals surface area contributed by atoms with Gasteiger partial charge in [0.1, 0.15) is 11.4 Å². The Morgan fingerprint density at radius 3 is 2.75 bits per heavy atom. The van der Waals surface area contributed by atoms with Crippen molar-refractivity contribution >= 4 is 5.69 Å². The van der Waals surface area contributed by atoms with Gasteiger partial charge in [0.05, 0.1) is 26.0 Å². The molecule has 1 unspecified atom stereocenters. The van der Waals surface area contributed by atoms with Crippen LogP contribution in [0.5, 0.6) is 5.75 Å². The molecule has 0 radical (unpaired) electrons. The quantitative estimate of drug-likeness (QED) is 0.585. The largest absolute Gasteiger partial charge is 0.495 e. The Bertz CT molecular complexity index is 1010. The van der Waals surface area contributed by atoms with Crippen LogP contribution in [0, 0.1) is 5.92 Å². The minimum atomic E-state index is 0.615. The number of methoxy groups -OCH3 is 1. The highest BCUT2D eigenvalue weighted by molar-refractivity contribution is 5.58. The maximum atomic E-state index is 5.25. The normalized spacial score (nSPS) is 19.0. The number of hydrogen-bond donors (Lipinski definition) is 1. The number of aromatic nitrogens is 4. The van der Waals surface area contributed by atoms with Gasteiger partial charge in [-0.25, -0.2) is 4.68 Å². The lowest BCUT2D eigenvalue weighted by molar-refractivity contribution is 0.280. The predicted molar refractivity (Wildman–Crippen MR) is 126 cm³/mol. The van der Waals surface area contributed by atoms with Crippen LogP contribution in [-0.4, -0.2) is 52.8 Å². The summed E-state index contributed by atoms with van der Waals surface area (Å²) in [5.74, 6) is 1.63. The van der Waals surface area contributed by atoms with Gasteiger partial charge in [0.2, 0.25) is 0 Å². The highest BCUT2D eigenvalue weighted by Crippen LogP contribution is 2.26. The second kappa shape index (κ2) is 9.69. The van der Waals surface area contributed by atoms with Crippen LogP contribution >= 0.6 is 0 Å². The summed E-state index contributed by atoms with van der Waals surface area (Å²) in [6.07, 6.45) is 12.2. The molecule has 3 heterocycles. The van der Waals surface area contributed by atoms with Gasteiger partial charge in [0.25, 0.3) is 0 Å². The molecular formula is C25H32N6O. The standard InChI is InChI=1S/C25H32N6O/c1-32-24-12-21(14-26-15-24)25-18-31(29-28-25)16-20-7-9-23(10-8-20)30-11-3-6-22(17-30)27-13-19-4-2-5-19/h7-10,12,14-15,18-19,22,27H,2-6,11,13,16-17H2,1H3. The van der Waals surface area contributed by atoms with Gasteiger partial charge in [-0.15, -0.1) is 5.10 Å². The van der Waals surface area contributed by atoms with Crippen molar-refractivity contribution in [1.29, 1.82) is 0 Å². The Balaban J connectivity index is 1.18. The van der Waals surface area contributed by atoms with Crippen LogP contribution < -0.4 is 15.0 Å². The van der Waals surface area contributed by atoms with Crippen molar-refractivity contribution in [3.05, 3.63) is 54.5 Å². The van der Waals surface area contributed by atoms with E-state index in [1.807, 2.05) is 16.9 Å². The zero-order valence-electron chi connectivity index (χ0n) is 18.8. The van der Waals surface area contributed by atoms with Crippen molar-refractivity contribution in [2.45, 2.75) is 44.7 Å². The van der Waals surface area contributed by atoms with Crippen molar-refractivity contribution in [3.63, 3.8) is 0 Å². The lowest BCUT2D eigenvalue weighted by Crippen LogP contribution is -2.47. The van der Waals surface area contributed by atoms with Gasteiger partial charge in [0, 0.05) is 36.6 Å². The minimum absolute atomic E-state index is 0.615. The first kappa shape index (κ1) is 20.9. The van der Waals surface area contributed by atoms with Gasteiger partial charge in [-0.2, -0.15) is 0 Å². The fraction of sp³-hybridized carbons (Fsp3) is 0.480.